The SMILES string of the molecule is N#Cc1nc(-c2cccnc2)nn1NC(=O)c1ccc(OCCCC2OCCO2)cc1. The minimum atomic E-state index is -0.429. The van der Waals surface area contributed by atoms with Crippen molar-refractivity contribution in [2.45, 2.75) is 19.1 Å². The van der Waals surface area contributed by atoms with Crippen molar-refractivity contribution in [3.8, 4) is 23.2 Å². The molecule has 1 aliphatic heterocycles. The van der Waals surface area contributed by atoms with E-state index >= 15 is 0 Å². The molecule has 31 heavy (non-hydrogen) atoms. The zero-order valence-electron chi connectivity index (χ0n) is 16.6. The number of hydrogen-bond donors (Lipinski definition) is 1. The Morgan fingerprint density at radius 1 is 1.26 bits per heavy atom. The number of carbonyl (C=O) groups is 1. The lowest BCUT2D eigenvalue weighted by Gasteiger charge is -2.10. The summed E-state index contributed by atoms with van der Waals surface area (Å²) in [6.07, 6.45) is 4.65. The number of ether oxygens (including phenoxy) is 3. The van der Waals surface area contributed by atoms with Crippen molar-refractivity contribution in [3.05, 3.63) is 60.2 Å². The van der Waals surface area contributed by atoms with Crippen LogP contribution in [0.4, 0.5) is 0 Å². The molecule has 1 aromatic carbocycles. The van der Waals surface area contributed by atoms with Gasteiger partial charge in [-0.3, -0.25) is 9.78 Å². The van der Waals surface area contributed by atoms with Gasteiger partial charge in [0.1, 0.15) is 11.8 Å². The minimum absolute atomic E-state index is 0.0395. The van der Waals surface area contributed by atoms with Gasteiger partial charge in [0.2, 0.25) is 0 Å². The van der Waals surface area contributed by atoms with E-state index in [0.717, 1.165) is 17.6 Å². The van der Waals surface area contributed by atoms with Gasteiger partial charge >= 0.3 is 0 Å². The third-order valence-electron chi connectivity index (χ3n) is 4.49. The second-order valence-corrected chi connectivity index (χ2v) is 6.65. The van der Waals surface area contributed by atoms with Crippen molar-refractivity contribution in [2.24, 2.45) is 0 Å². The van der Waals surface area contributed by atoms with E-state index in [2.05, 4.69) is 20.5 Å². The van der Waals surface area contributed by atoms with Crippen LogP contribution in [-0.4, -0.2) is 51.9 Å². The fourth-order valence-electron chi connectivity index (χ4n) is 2.96. The number of rotatable bonds is 8. The number of nitrogens with zero attached hydrogens (tertiary/aromatic N) is 5. The average Bonchev–Trinajstić information content (AvgIpc) is 3.47. The fourth-order valence-corrected chi connectivity index (χ4v) is 2.96. The molecule has 10 heteroatoms. The predicted octanol–water partition coefficient (Wildman–Crippen LogP) is 2.13. The Hall–Kier alpha value is -3.81. The third-order valence-corrected chi connectivity index (χ3v) is 4.49. The van der Waals surface area contributed by atoms with Gasteiger partial charge in [0.05, 0.1) is 19.8 Å². The van der Waals surface area contributed by atoms with E-state index < -0.39 is 5.91 Å². The normalized spacial score (nSPS) is 13.6. The predicted molar refractivity (Wildman–Crippen MR) is 109 cm³/mol. The first-order valence-corrected chi connectivity index (χ1v) is 9.78. The zero-order chi connectivity index (χ0) is 21.5. The van der Waals surface area contributed by atoms with Gasteiger partial charge in [-0.15, -0.1) is 9.89 Å². The quantitative estimate of drug-likeness (QED) is 0.550. The number of pyridine rings is 1. The minimum Gasteiger partial charge on any atom is -0.494 e. The molecule has 3 aromatic rings. The Morgan fingerprint density at radius 2 is 2.06 bits per heavy atom. The van der Waals surface area contributed by atoms with Crippen molar-refractivity contribution < 1.29 is 19.0 Å². The van der Waals surface area contributed by atoms with Crippen molar-refractivity contribution in [2.75, 3.05) is 25.2 Å². The standard InChI is InChI=1S/C21H20N6O4/c22-13-18-24-20(16-3-1-9-23-14-16)25-27(18)26-21(28)15-5-7-17(8-6-15)29-10-2-4-19-30-11-12-31-19/h1,3,5-9,14,19H,2,4,10-12H2,(H,26,28). The summed E-state index contributed by atoms with van der Waals surface area (Å²) in [6.45, 7) is 1.81. The van der Waals surface area contributed by atoms with E-state index in [1.165, 1.54) is 0 Å². The lowest BCUT2D eigenvalue weighted by molar-refractivity contribution is -0.0493. The molecule has 0 bridgehead atoms. The maximum Gasteiger partial charge on any atom is 0.271 e. The number of carbonyl (C=O) groups excluding carboxylic acids is 1. The summed E-state index contributed by atoms with van der Waals surface area (Å²) in [5.74, 6) is 0.479. The molecule has 3 heterocycles. The molecule has 10 nitrogen and oxygen atoms in total. The number of benzene rings is 1. The van der Waals surface area contributed by atoms with E-state index in [1.807, 2.05) is 6.07 Å². The highest BCUT2D eigenvalue weighted by Gasteiger charge is 2.16. The van der Waals surface area contributed by atoms with Gasteiger partial charge in [0, 0.05) is 29.9 Å². The van der Waals surface area contributed by atoms with E-state index in [-0.39, 0.29) is 12.1 Å². The van der Waals surface area contributed by atoms with Crippen molar-refractivity contribution in [1.29, 1.82) is 5.26 Å². The number of hydrogen-bond acceptors (Lipinski definition) is 8. The van der Waals surface area contributed by atoms with Crippen molar-refractivity contribution in [1.82, 2.24) is 19.9 Å². The molecule has 1 amide bonds. The molecule has 0 spiro atoms. The van der Waals surface area contributed by atoms with Crippen LogP contribution in [0.1, 0.15) is 29.0 Å². The van der Waals surface area contributed by atoms with Crippen molar-refractivity contribution in [3.63, 3.8) is 0 Å². The van der Waals surface area contributed by atoms with Crippen LogP contribution in [0.2, 0.25) is 0 Å². The smallest absolute Gasteiger partial charge is 0.271 e. The molecule has 1 fully saturated rings. The van der Waals surface area contributed by atoms with E-state index in [9.17, 15) is 10.1 Å². The molecule has 1 N–H and O–H groups in total. The molecule has 4 rings (SSSR count). The Morgan fingerprint density at radius 3 is 2.77 bits per heavy atom. The summed E-state index contributed by atoms with van der Waals surface area (Å²) >= 11 is 0. The number of amides is 1. The fraction of sp³-hybridized carbons (Fsp3) is 0.286. The third kappa shape index (κ3) is 5.22. The second-order valence-electron chi connectivity index (χ2n) is 6.65. The zero-order valence-corrected chi connectivity index (χ0v) is 16.6. The maximum atomic E-state index is 12.6. The monoisotopic (exact) mass is 420 g/mol. The van der Waals surface area contributed by atoms with Crippen LogP contribution in [0.3, 0.4) is 0 Å². The molecular formula is C21H20N6O4. The van der Waals surface area contributed by atoms with Crippen LogP contribution in [0.15, 0.2) is 48.8 Å². The first-order chi connectivity index (χ1) is 15.2. The summed E-state index contributed by atoms with van der Waals surface area (Å²) in [7, 11) is 0. The average molecular weight is 420 g/mol. The van der Waals surface area contributed by atoms with E-state index in [1.54, 1.807) is 48.8 Å². The summed E-state index contributed by atoms with van der Waals surface area (Å²) < 4.78 is 16.5. The van der Waals surface area contributed by atoms with Gasteiger partial charge in [0.15, 0.2) is 12.1 Å². The van der Waals surface area contributed by atoms with Crippen molar-refractivity contribution >= 4 is 5.91 Å². The van der Waals surface area contributed by atoms with Gasteiger partial charge in [0.25, 0.3) is 11.7 Å². The van der Waals surface area contributed by atoms with Crippen LogP contribution in [0, 0.1) is 11.3 Å². The number of aromatic nitrogens is 4. The molecule has 2 aromatic heterocycles. The van der Waals surface area contributed by atoms with Crippen LogP contribution in [0.5, 0.6) is 5.75 Å². The first-order valence-electron chi connectivity index (χ1n) is 9.78. The van der Waals surface area contributed by atoms with E-state index in [4.69, 9.17) is 14.2 Å². The maximum absolute atomic E-state index is 12.6. The molecule has 0 radical (unpaired) electrons. The molecule has 1 saturated heterocycles. The highest BCUT2D eigenvalue weighted by atomic mass is 16.7. The highest BCUT2D eigenvalue weighted by molar-refractivity contribution is 6.00. The molecule has 0 saturated carbocycles. The van der Waals surface area contributed by atoms with Gasteiger partial charge in [-0.2, -0.15) is 10.2 Å². The topological polar surface area (TPSA) is 124 Å². The molecule has 0 atom stereocenters. The van der Waals surface area contributed by atoms with Crippen LogP contribution in [-0.2, 0) is 9.47 Å². The largest absolute Gasteiger partial charge is 0.494 e. The first kappa shape index (κ1) is 20.5. The van der Waals surface area contributed by atoms with Crippen LogP contribution < -0.4 is 10.2 Å². The van der Waals surface area contributed by atoms with Gasteiger partial charge in [-0.05, 0) is 42.8 Å². The summed E-state index contributed by atoms with van der Waals surface area (Å²) in [5, 5.41) is 13.5. The van der Waals surface area contributed by atoms with Crippen LogP contribution >= 0.6 is 0 Å². The lowest BCUT2D eigenvalue weighted by atomic mass is 10.2. The molecule has 158 valence electrons. The summed E-state index contributed by atoms with van der Waals surface area (Å²) in [5.41, 5.74) is 3.59. The number of nitriles is 1. The Kier molecular flexibility index (Phi) is 6.47. The summed E-state index contributed by atoms with van der Waals surface area (Å²) in [6, 6.07) is 12.1. The molecular weight excluding hydrogens is 400 g/mol. The molecule has 0 unspecified atom stereocenters. The highest BCUT2D eigenvalue weighted by Crippen LogP contribution is 2.16. The summed E-state index contributed by atoms with van der Waals surface area (Å²) in [4.78, 5) is 21.7. The Balaban J connectivity index is 1.33. The lowest BCUT2D eigenvalue weighted by Crippen LogP contribution is -2.25. The van der Waals surface area contributed by atoms with Gasteiger partial charge < -0.3 is 14.2 Å². The Bertz CT molecular complexity index is 1060. The number of nitrogens with one attached hydrogen (secondary N) is 1. The van der Waals surface area contributed by atoms with Gasteiger partial charge in [-0.25, -0.2) is 5.43 Å². The van der Waals surface area contributed by atoms with E-state index in [0.29, 0.717) is 42.5 Å². The molecule has 1 aliphatic rings. The van der Waals surface area contributed by atoms with Crippen LogP contribution in [0.25, 0.3) is 11.4 Å². The second kappa shape index (κ2) is 9.80. The van der Waals surface area contributed by atoms with Gasteiger partial charge in [-0.1, -0.05) is 0 Å². The molecule has 0 aliphatic carbocycles. The Labute approximate surface area is 178 Å².